The SMILES string of the molecule is Clc1nc(Nc2cn(-c3cccc4ncccc34)cn2)c2cccn2n1. The van der Waals surface area contributed by atoms with Crippen LogP contribution >= 0.6 is 11.6 Å². The van der Waals surface area contributed by atoms with E-state index in [0.717, 1.165) is 22.1 Å². The van der Waals surface area contributed by atoms with E-state index in [1.54, 1.807) is 17.0 Å². The summed E-state index contributed by atoms with van der Waals surface area (Å²) >= 11 is 6.00. The van der Waals surface area contributed by atoms with Gasteiger partial charge in [-0.3, -0.25) is 4.98 Å². The molecular weight excluding hydrogens is 350 g/mol. The van der Waals surface area contributed by atoms with Gasteiger partial charge in [0.05, 0.1) is 17.4 Å². The molecule has 0 saturated carbocycles. The maximum Gasteiger partial charge on any atom is 0.243 e. The molecule has 1 aromatic carbocycles. The van der Waals surface area contributed by atoms with E-state index in [1.807, 2.05) is 59.4 Å². The van der Waals surface area contributed by atoms with Crippen LogP contribution in [0.2, 0.25) is 5.28 Å². The molecule has 0 saturated heterocycles. The third-order valence-corrected chi connectivity index (χ3v) is 4.26. The van der Waals surface area contributed by atoms with Crippen molar-refractivity contribution in [2.24, 2.45) is 0 Å². The quantitative estimate of drug-likeness (QED) is 0.528. The molecule has 7 nitrogen and oxygen atoms in total. The fourth-order valence-corrected chi connectivity index (χ4v) is 3.12. The molecule has 0 bridgehead atoms. The number of nitrogens with zero attached hydrogens (tertiary/aromatic N) is 6. The van der Waals surface area contributed by atoms with E-state index in [4.69, 9.17) is 11.6 Å². The fourth-order valence-electron chi connectivity index (χ4n) is 2.95. The number of benzene rings is 1. The number of hydrogen-bond donors (Lipinski definition) is 1. The van der Waals surface area contributed by atoms with Gasteiger partial charge in [0.25, 0.3) is 0 Å². The molecule has 4 heterocycles. The Morgan fingerprint density at radius 1 is 1.00 bits per heavy atom. The lowest BCUT2D eigenvalue weighted by atomic mass is 10.2. The first-order chi connectivity index (χ1) is 12.8. The maximum absolute atomic E-state index is 6.00. The van der Waals surface area contributed by atoms with Crippen LogP contribution in [0.25, 0.3) is 22.1 Å². The highest BCUT2D eigenvalue weighted by Crippen LogP contribution is 2.24. The fraction of sp³-hybridized carbons (Fsp3) is 0. The molecule has 0 radical (unpaired) electrons. The average molecular weight is 362 g/mol. The number of fused-ring (bicyclic) bond motifs is 2. The van der Waals surface area contributed by atoms with Gasteiger partial charge in [-0.25, -0.2) is 9.50 Å². The first kappa shape index (κ1) is 14.9. The van der Waals surface area contributed by atoms with Crippen molar-refractivity contribution >= 4 is 39.7 Å². The maximum atomic E-state index is 6.00. The number of halogens is 1. The number of nitrogens with one attached hydrogen (secondary N) is 1. The number of imidazole rings is 1. The van der Waals surface area contributed by atoms with Crippen molar-refractivity contribution in [1.29, 1.82) is 0 Å². The van der Waals surface area contributed by atoms with Gasteiger partial charge in [0.2, 0.25) is 5.28 Å². The minimum atomic E-state index is 0.163. The Kier molecular flexibility index (Phi) is 3.32. The van der Waals surface area contributed by atoms with Gasteiger partial charge >= 0.3 is 0 Å². The van der Waals surface area contributed by atoms with Crippen LogP contribution in [0.5, 0.6) is 0 Å². The van der Waals surface area contributed by atoms with Crippen LogP contribution in [0.1, 0.15) is 0 Å². The Bertz CT molecular complexity index is 1240. The lowest BCUT2D eigenvalue weighted by Gasteiger charge is -2.07. The van der Waals surface area contributed by atoms with E-state index in [0.29, 0.717) is 11.6 Å². The molecule has 5 aromatic rings. The van der Waals surface area contributed by atoms with Crippen molar-refractivity contribution in [1.82, 2.24) is 29.1 Å². The molecule has 0 atom stereocenters. The van der Waals surface area contributed by atoms with Crippen molar-refractivity contribution in [3.05, 3.63) is 72.7 Å². The zero-order chi connectivity index (χ0) is 17.5. The van der Waals surface area contributed by atoms with Crippen LogP contribution in [-0.4, -0.2) is 29.1 Å². The third kappa shape index (κ3) is 2.46. The van der Waals surface area contributed by atoms with E-state index < -0.39 is 0 Å². The first-order valence-electron chi connectivity index (χ1n) is 7.94. The minimum Gasteiger partial charge on any atom is -0.322 e. The number of aromatic nitrogens is 6. The van der Waals surface area contributed by atoms with Gasteiger partial charge in [-0.1, -0.05) is 6.07 Å². The van der Waals surface area contributed by atoms with E-state index in [2.05, 4.69) is 25.4 Å². The van der Waals surface area contributed by atoms with Gasteiger partial charge in [-0.15, -0.1) is 5.10 Å². The molecule has 4 aromatic heterocycles. The lowest BCUT2D eigenvalue weighted by molar-refractivity contribution is 0.907. The van der Waals surface area contributed by atoms with Crippen molar-refractivity contribution in [2.75, 3.05) is 5.32 Å². The predicted molar refractivity (Wildman–Crippen MR) is 100 cm³/mol. The molecular formula is C18H12ClN7. The normalized spacial score (nSPS) is 11.3. The smallest absolute Gasteiger partial charge is 0.243 e. The molecule has 0 fully saturated rings. The van der Waals surface area contributed by atoms with Crippen LogP contribution in [0.4, 0.5) is 11.6 Å². The Labute approximate surface area is 152 Å². The Balaban J connectivity index is 1.55. The van der Waals surface area contributed by atoms with Gasteiger partial charge in [0.15, 0.2) is 5.82 Å². The van der Waals surface area contributed by atoms with Crippen LogP contribution < -0.4 is 5.32 Å². The second kappa shape index (κ2) is 5.82. The molecule has 126 valence electrons. The van der Waals surface area contributed by atoms with Gasteiger partial charge < -0.3 is 9.88 Å². The van der Waals surface area contributed by atoms with Crippen molar-refractivity contribution in [2.45, 2.75) is 0 Å². The van der Waals surface area contributed by atoms with Gasteiger partial charge in [-0.2, -0.15) is 4.98 Å². The molecule has 0 aliphatic rings. The van der Waals surface area contributed by atoms with Crippen LogP contribution in [0.15, 0.2) is 67.4 Å². The lowest BCUT2D eigenvalue weighted by Crippen LogP contribution is -2.01. The van der Waals surface area contributed by atoms with Gasteiger partial charge in [0.1, 0.15) is 17.7 Å². The van der Waals surface area contributed by atoms with Crippen LogP contribution in [-0.2, 0) is 0 Å². The molecule has 26 heavy (non-hydrogen) atoms. The third-order valence-electron chi connectivity index (χ3n) is 4.10. The molecule has 5 rings (SSSR count). The summed E-state index contributed by atoms with van der Waals surface area (Å²) in [5, 5.41) is 8.55. The zero-order valence-electron chi connectivity index (χ0n) is 13.4. The standard InChI is InChI=1S/C18H12ClN7/c19-18-23-17(15-7-3-9-26(15)24-18)22-16-10-25(11-21-16)14-6-1-5-13-12(14)4-2-8-20-13/h1-11H,(H,22,23,24). The Morgan fingerprint density at radius 3 is 2.92 bits per heavy atom. The summed E-state index contributed by atoms with van der Waals surface area (Å²) in [6.45, 7) is 0. The summed E-state index contributed by atoms with van der Waals surface area (Å²) in [6, 6.07) is 13.8. The molecule has 0 aliphatic heterocycles. The van der Waals surface area contributed by atoms with Crippen molar-refractivity contribution in [3.63, 3.8) is 0 Å². The topological polar surface area (TPSA) is 72.9 Å². The zero-order valence-corrected chi connectivity index (χ0v) is 14.2. The molecule has 0 aliphatic carbocycles. The Morgan fingerprint density at radius 2 is 1.96 bits per heavy atom. The van der Waals surface area contributed by atoms with Crippen LogP contribution in [0.3, 0.4) is 0 Å². The van der Waals surface area contributed by atoms with Crippen molar-refractivity contribution in [3.8, 4) is 5.69 Å². The monoisotopic (exact) mass is 361 g/mol. The molecule has 0 spiro atoms. The summed E-state index contributed by atoms with van der Waals surface area (Å²) in [5.41, 5.74) is 2.76. The Hall–Kier alpha value is -3.45. The number of rotatable bonds is 3. The number of anilines is 2. The highest BCUT2D eigenvalue weighted by atomic mass is 35.5. The van der Waals surface area contributed by atoms with Gasteiger partial charge in [0, 0.05) is 17.8 Å². The highest BCUT2D eigenvalue weighted by molar-refractivity contribution is 6.28. The van der Waals surface area contributed by atoms with E-state index >= 15 is 0 Å². The summed E-state index contributed by atoms with van der Waals surface area (Å²) in [6.07, 6.45) is 7.25. The van der Waals surface area contributed by atoms with E-state index in [1.165, 1.54) is 0 Å². The number of hydrogen-bond acceptors (Lipinski definition) is 5. The first-order valence-corrected chi connectivity index (χ1v) is 8.32. The van der Waals surface area contributed by atoms with Crippen molar-refractivity contribution < 1.29 is 0 Å². The molecule has 0 amide bonds. The second-order valence-corrected chi connectivity index (χ2v) is 6.04. The summed E-state index contributed by atoms with van der Waals surface area (Å²) in [5.74, 6) is 1.25. The van der Waals surface area contributed by atoms with Gasteiger partial charge in [-0.05, 0) is 48.0 Å². The molecule has 1 N–H and O–H groups in total. The minimum absolute atomic E-state index is 0.163. The highest BCUT2D eigenvalue weighted by Gasteiger charge is 2.10. The second-order valence-electron chi connectivity index (χ2n) is 5.71. The molecule has 0 unspecified atom stereocenters. The largest absolute Gasteiger partial charge is 0.322 e. The summed E-state index contributed by atoms with van der Waals surface area (Å²) in [7, 11) is 0. The van der Waals surface area contributed by atoms with E-state index in [-0.39, 0.29) is 5.28 Å². The molecule has 8 heteroatoms. The predicted octanol–water partition coefficient (Wildman–Crippen LogP) is 3.86. The number of pyridine rings is 1. The summed E-state index contributed by atoms with van der Waals surface area (Å²) < 4.78 is 3.62. The average Bonchev–Trinajstić information content (AvgIpc) is 3.30. The summed E-state index contributed by atoms with van der Waals surface area (Å²) in [4.78, 5) is 13.1. The van der Waals surface area contributed by atoms with Crippen LogP contribution in [0, 0.1) is 0 Å². The van der Waals surface area contributed by atoms with E-state index in [9.17, 15) is 0 Å².